The second-order valence-corrected chi connectivity index (χ2v) is 5.66. The minimum absolute atomic E-state index is 0.175. The van der Waals surface area contributed by atoms with Crippen molar-refractivity contribution in [1.29, 1.82) is 0 Å². The number of aliphatic hydroxyl groups is 2. The third-order valence-electron chi connectivity index (χ3n) is 3.77. The molecule has 4 heteroatoms. The van der Waals surface area contributed by atoms with Gasteiger partial charge in [0.25, 0.3) is 0 Å². The van der Waals surface area contributed by atoms with E-state index in [4.69, 9.17) is 5.11 Å². The summed E-state index contributed by atoms with van der Waals surface area (Å²) >= 11 is 0. The van der Waals surface area contributed by atoms with Gasteiger partial charge in [-0.1, -0.05) is 13.8 Å². The number of hydrogen-bond donors (Lipinski definition) is 2. The van der Waals surface area contributed by atoms with Gasteiger partial charge in [0.05, 0.1) is 12.7 Å². The number of likely N-dealkylation sites (tertiary alicyclic amines) is 1. The highest BCUT2D eigenvalue weighted by Crippen LogP contribution is 2.16. The SMILES string of the molecule is CCCN(CCO)CC(O)CN1CCC(C)CC1. The molecule has 0 aliphatic carbocycles. The van der Waals surface area contributed by atoms with Gasteiger partial charge in [0.1, 0.15) is 0 Å². The Balaban J connectivity index is 2.24. The largest absolute Gasteiger partial charge is 0.395 e. The van der Waals surface area contributed by atoms with E-state index >= 15 is 0 Å². The van der Waals surface area contributed by atoms with Crippen LogP contribution in [0.15, 0.2) is 0 Å². The van der Waals surface area contributed by atoms with Crippen LogP contribution in [0.25, 0.3) is 0 Å². The number of nitrogens with zero attached hydrogens (tertiary/aromatic N) is 2. The Morgan fingerprint density at radius 1 is 1.28 bits per heavy atom. The van der Waals surface area contributed by atoms with Gasteiger partial charge in [-0.3, -0.25) is 4.90 Å². The molecular weight excluding hydrogens is 228 g/mol. The molecule has 0 aromatic heterocycles. The molecule has 0 bridgehead atoms. The Morgan fingerprint density at radius 3 is 2.50 bits per heavy atom. The van der Waals surface area contributed by atoms with Crippen molar-refractivity contribution in [1.82, 2.24) is 9.80 Å². The fourth-order valence-electron chi connectivity index (χ4n) is 2.65. The number of piperidine rings is 1. The lowest BCUT2D eigenvalue weighted by molar-refractivity contribution is 0.0562. The first kappa shape index (κ1) is 15.9. The lowest BCUT2D eigenvalue weighted by Crippen LogP contribution is -2.43. The Labute approximate surface area is 112 Å². The van der Waals surface area contributed by atoms with E-state index in [2.05, 4.69) is 23.6 Å². The Hall–Kier alpha value is -0.160. The molecule has 0 amide bonds. The highest BCUT2D eigenvalue weighted by Gasteiger charge is 2.19. The van der Waals surface area contributed by atoms with Crippen LogP contribution in [0.4, 0.5) is 0 Å². The van der Waals surface area contributed by atoms with Crippen LogP contribution in [-0.2, 0) is 0 Å². The van der Waals surface area contributed by atoms with Gasteiger partial charge < -0.3 is 15.1 Å². The summed E-state index contributed by atoms with van der Waals surface area (Å²) in [4.78, 5) is 4.52. The number of hydrogen-bond acceptors (Lipinski definition) is 4. The Bertz CT molecular complexity index is 200. The van der Waals surface area contributed by atoms with Gasteiger partial charge in [0, 0.05) is 19.6 Å². The molecule has 0 aromatic carbocycles. The van der Waals surface area contributed by atoms with Crippen LogP contribution in [0.3, 0.4) is 0 Å². The normalized spacial score (nSPS) is 20.5. The molecule has 1 heterocycles. The molecule has 4 nitrogen and oxygen atoms in total. The summed E-state index contributed by atoms with van der Waals surface area (Å²) in [7, 11) is 0. The van der Waals surface area contributed by atoms with Crippen LogP contribution in [0.5, 0.6) is 0 Å². The van der Waals surface area contributed by atoms with Crippen LogP contribution >= 0.6 is 0 Å². The monoisotopic (exact) mass is 258 g/mol. The molecule has 1 aliphatic rings. The Kier molecular flexibility index (Phi) is 7.82. The fraction of sp³-hybridized carbons (Fsp3) is 1.00. The van der Waals surface area contributed by atoms with Crippen molar-refractivity contribution in [3.05, 3.63) is 0 Å². The molecule has 2 N–H and O–H groups in total. The summed E-state index contributed by atoms with van der Waals surface area (Å²) in [6, 6.07) is 0. The highest BCUT2D eigenvalue weighted by molar-refractivity contribution is 4.74. The molecule has 1 saturated heterocycles. The number of rotatable bonds is 8. The van der Waals surface area contributed by atoms with Gasteiger partial charge in [-0.2, -0.15) is 0 Å². The van der Waals surface area contributed by atoms with Crippen molar-refractivity contribution in [3.8, 4) is 0 Å². The molecule has 1 fully saturated rings. The molecule has 1 unspecified atom stereocenters. The lowest BCUT2D eigenvalue weighted by atomic mass is 9.99. The average molecular weight is 258 g/mol. The summed E-state index contributed by atoms with van der Waals surface area (Å²) in [5, 5.41) is 19.1. The van der Waals surface area contributed by atoms with E-state index in [0.29, 0.717) is 13.1 Å². The second kappa shape index (κ2) is 8.86. The summed E-state index contributed by atoms with van der Waals surface area (Å²) in [6.45, 7) is 9.92. The first-order valence-corrected chi connectivity index (χ1v) is 7.39. The molecule has 1 atom stereocenters. The zero-order valence-electron chi connectivity index (χ0n) is 12.0. The van der Waals surface area contributed by atoms with Gasteiger partial charge in [-0.25, -0.2) is 0 Å². The maximum Gasteiger partial charge on any atom is 0.0793 e. The number of aliphatic hydroxyl groups excluding tert-OH is 2. The van der Waals surface area contributed by atoms with Gasteiger partial charge in [-0.15, -0.1) is 0 Å². The van der Waals surface area contributed by atoms with E-state index in [1.54, 1.807) is 0 Å². The van der Waals surface area contributed by atoms with Crippen molar-refractivity contribution in [2.75, 3.05) is 45.9 Å². The summed E-state index contributed by atoms with van der Waals surface area (Å²) in [5.74, 6) is 0.837. The van der Waals surface area contributed by atoms with Gasteiger partial charge in [0.15, 0.2) is 0 Å². The third kappa shape index (κ3) is 6.14. The van der Waals surface area contributed by atoms with E-state index in [-0.39, 0.29) is 12.7 Å². The van der Waals surface area contributed by atoms with Crippen LogP contribution in [0.2, 0.25) is 0 Å². The van der Waals surface area contributed by atoms with E-state index in [0.717, 1.165) is 38.5 Å². The van der Waals surface area contributed by atoms with Crippen LogP contribution < -0.4 is 0 Å². The summed E-state index contributed by atoms with van der Waals surface area (Å²) in [5.41, 5.74) is 0. The first-order chi connectivity index (χ1) is 8.65. The zero-order chi connectivity index (χ0) is 13.4. The standard InChI is InChI=1S/C14H30N2O2/c1-3-6-15(9-10-17)11-14(18)12-16-7-4-13(2)5-8-16/h13-14,17-18H,3-12H2,1-2H3. The van der Waals surface area contributed by atoms with Crippen molar-refractivity contribution in [2.24, 2.45) is 5.92 Å². The van der Waals surface area contributed by atoms with E-state index in [9.17, 15) is 5.11 Å². The predicted molar refractivity (Wildman–Crippen MR) is 74.7 cm³/mol. The summed E-state index contributed by atoms with van der Waals surface area (Å²) < 4.78 is 0. The second-order valence-electron chi connectivity index (χ2n) is 5.66. The van der Waals surface area contributed by atoms with Crippen molar-refractivity contribution >= 4 is 0 Å². The van der Waals surface area contributed by atoms with Crippen LogP contribution in [-0.4, -0.2) is 72.0 Å². The van der Waals surface area contributed by atoms with E-state index in [1.807, 2.05) is 0 Å². The maximum absolute atomic E-state index is 10.1. The third-order valence-corrected chi connectivity index (χ3v) is 3.77. The molecule has 0 spiro atoms. The molecule has 0 radical (unpaired) electrons. The summed E-state index contributed by atoms with van der Waals surface area (Å²) in [6.07, 6.45) is 3.27. The molecule has 0 saturated carbocycles. The fourth-order valence-corrected chi connectivity index (χ4v) is 2.65. The van der Waals surface area contributed by atoms with Gasteiger partial charge in [-0.05, 0) is 44.8 Å². The van der Waals surface area contributed by atoms with Gasteiger partial charge in [0.2, 0.25) is 0 Å². The quantitative estimate of drug-likeness (QED) is 0.675. The van der Waals surface area contributed by atoms with E-state index < -0.39 is 0 Å². The molecule has 0 aromatic rings. The smallest absolute Gasteiger partial charge is 0.0793 e. The van der Waals surface area contributed by atoms with Crippen molar-refractivity contribution in [3.63, 3.8) is 0 Å². The molecule has 18 heavy (non-hydrogen) atoms. The van der Waals surface area contributed by atoms with E-state index in [1.165, 1.54) is 12.8 Å². The van der Waals surface area contributed by atoms with Crippen LogP contribution in [0, 0.1) is 5.92 Å². The van der Waals surface area contributed by atoms with Crippen molar-refractivity contribution < 1.29 is 10.2 Å². The highest BCUT2D eigenvalue weighted by atomic mass is 16.3. The van der Waals surface area contributed by atoms with Crippen LogP contribution in [0.1, 0.15) is 33.1 Å². The molecule has 108 valence electrons. The number of β-amino-alcohol motifs (C(OH)–C–C–N with tert-alkyl or cyclic N) is 1. The Morgan fingerprint density at radius 2 is 1.94 bits per heavy atom. The average Bonchev–Trinajstić information content (AvgIpc) is 2.33. The molecular formula is C14H30N2O2. The predicted octanol–water partition coefficient (Wildman–Crippen LogP) is 0.783. The maximum atomic E-state index is 10.1. The minimum atomic E-state index is -0.295. The van der Waals surface area contributed by atoms with Gasteiger partial charge >= 0.3 is 0 Å². The molecule has 1 aliphatic heterocycles. The molecule has 1 rings (SSSR count). The lowest BCUT2D eigenvalue weighted by Gasteiger charge is -2.33. The minimum Gasteiger partial charge on any atom is -0.395 e. The zero-order valence-corrected chi connectivity index (χ0v) is 12.0. The van der Waals surface area contributed by atoms with Crippen molar-refractivity contribution in [2.45, 2.75) is 39.2 Å². The topological polar surface area (TPSA) is 46.9 Å². The first-order valence-electron chi connectivity index (χ1n) is 7.39.